The van der Waals surface area contributed by atoms with Gasteiger partial charge in [0.05, 0.1) is 12.8 Å². The zero-order valence-corrected chi connectivity index (χ0v) is 13.1. The van der Waals surface area contributed by atoms with Crippen molar-refractivity contribution in [2.45, 2.75) is 12.3 Å². The number of nitrogens with zero attached hydrogens (tertiary/aromatic N) is 3. The minimum atomic E-state index is 0.644. The van der Waals surface area contributed by atoms with Crippen LogP contribution in [0.4, 0.5) is 0 Å². The lowest BCUT2D eigenvalue weighted by Crippen LogP contribution is -2.00. The van der Waals surface area contributed by atoms with Gasteiger partial charge in [-0.1, -0.05) is 0 Å². The van der Waals surface area contributed by atoms with Gasteiger partial charge >= 0.3 is 0 Å². The Balaban J connectivity index is 1.52. The van der Waals surface area contributed by atoms with Crippen LogP contribution in [0.1, 0.15) is 5.69 Å². The predicted molar refractivity (Wildman–Crippen MR) is 86.9 cm³/mol. The molecule has 1 aromatic carbocycles. The summed E-state index contributed by atoms with van der Waals surface area (Å²) in [4.78, 5) is 4.52. The number of oxazole rings is 1. The molecule has 0 amide bonds. The first-order chi connectivity index (χ1) is 10.8. The van der Waals surface area contributed by atoms with E-state index < -0.39 is 0 Å². The van der Waals surface area contributed by atoms with Crippen molar-refractivity contribution in [2.24, 2.45) is 0 Å². The van der Waals surface area contributed by atoms with Crippen molar-refractivity contribution >= 4 is 11.8 Å². The Morgan fingerprint density at radius 1 is 1.27 bits per heavy atom. The Morgan fingerprint density at radius 2 is 2.14 bits per heavy atom. The third-order valence-corrected chi connectivity index (χ3v) is 4.13. The van der Waals surface area contributed by atoms with Crippen molar-refractivity contribution in [3.63, 3.8) is 0 Å². The fourth-order valence-corrected chi connectivity index (χ4v) is 2.81. The van der Waals surface area contributed by atoms with Gasteiger partial charge in [-0.05, 0) is 30.3 Å². The summed E-state index contributed by atoms with van der Waals surface area (Å²) in [6.45, 7) is 0.904. The lowest BCUT2D eigenvalue weighted by molar-refractivity contribution is 0.415. The number of aryl methyl sites for hydroxylation is 1. The van der Waals surface area contributed by atoms with E-state index in [1.165, 1.54) is 0 Å². The van der Waals surface area contributed by atoms with Crippen LogP contribution in [0.5, 0.6) is 5.75 Å². The fourth-order valence-electron chi connectivity index (χ4n) is 2.01. The Morgan fingerprint density at radius 3 is 2.86 bits per heavy atom. The van der Waals surface area contributed by atoms with Gasteiger partial charge in [-0.25, -0.2) is 4.98 Å². The summed E-state index contributed by atoms with van der Waals surface area (Å²) in [5.41, 5.74) is 1.91. The molecule has 0 radical (unpaired) electrons. The highest BCUT2D eigenvalue weighted by Gasteiger charge is 2.07. The average Bonchev–Trinajstić information content (AvgIpc) is 3.23. The minimum Gasteiger partial charge on any atom is -0.497 e. The highest BCUT2D eigenvalue weighted by molar-refractivity contribution is 7.98. The van der Waals surface area contributed by atoms with Crippen molar-refractivity contribution in [3.8, 4) is 17.2 Å². The number of thioether (sulfide) groups is 1. The number of rotatable bonds is 7. The zero-order valence-electron chi connectivity index (χ0n) is 12.3. The number of methoxy groups -OCH3 is 1. The molecule has 5 nitrogen and oxygen atoms in total. The molecule has 6 heteroatoms. The van der Waals surface area contributed by atoms with Gasteiger partial charge in [0.2, 0.25) is 5.89 Å². The van der Waals surface area contributed by atoms with E-state index in [1.807, 2.05) is 53.0 Å². The quantitative estimate of drug-likeness (QED) is 0.625. The van der Waals surface area contributed by atoms with Crippen LogP contribution in [0, 0.1) is 0 Å². The van der Waals surface area contributed by atoms with Crippen molar-refractivity contribution < 1.29 is 9.15 Å². The smallest absolute Gasteiger partial charge is 0.226 e. The van der Waals surface area contributed by atoms with E-state index >= 15 is 0 Å². The first-order valence-corrected chi connectivity index (χ1v) is 8.14. The first kappa shape index (κ1) is 14.7. The van der Waals surface area contributed by atoms with E-state index in [2.05, 4.69) is 10.1 Å². The number of hydrogen-bond acceptors (Lipinski definition) is 5. The third-order valence-electron chi connectivity index (χ3n) is 3.16. The summed E-state index contributed by atoms with van der Waals surface area (Å²) in [5, 5.41) is 4.18. The summed E-state index contributed by atoms with van der Waals surface area (Å²) in [6.07, 6.45) is 5.49. The monoisotopic (exact) mass is 315 g/mol. The first-order valence-electron chi connectivity index (χ1n) is 6.99. The predicted octanol–water partition coefficient (Wildman–Crippen LogP) is 3.48. The van der Waals surface area contributed by atoms with Crippen molar-refractivity contribution in [3.05, 3.63) is 54.7 Å². The summed E-state index contributed by atoms with van der Waals surface area (Å²) in [6, 6.07) is 9.62. The molecule has 2 aromatic heterocycles. The Kier molecular flexibility index (Phi) is 4.80. The van der Waals surface area contributed by atoms with Crippen LogP contribution in [-0.2, 0) is 12.3 Å². The van der Waals surface area contributed by atoms with Crippen LogP contribution in [0.15, 0.2) is 53.4 Å². The van der Waals surface area contributed by atoms with Crippen LogP contribution >= 0.6 is 11.8 Å². The maximum absolute atomic E-state index is 5.54. The highest BCUT2D eigenvalue weighted by atomic mass is 32.2. The van der Waals surface area contributed by atoms with E-state index in [1.54, 1.807) is 19.6 Å². The minimum absolute atomic E-state index is 0.644. The second-order valence-electron chi connectivity index (χ2n) is 4.69. The lowest BCUT2D eigenvalue weighted by atomic mass is 10.2. The third kappa shape index (κ3) is 3.71. The molecule has 0 aliphatic heterocycles. The van der Waals surface area contributed by atoms with Crippen LogP contribution in [0.2, 0.25) is 0 Å². The van der Waals surface area contributed by atoms with Gasteiger partial charge < -0.3 is 9.15 Å². The maximum Gasteiger partial charge on any atom is 0.226 e. The van der Waals surface area contributed by atoms with Gasteiger partial charge in [0.25, 0.3) is 0 Å². The van der Waals surface area contributed by atoms with E-state index in [4.69, 9.17) is 9.15 Å². The van der Waals surface area contributed by atoms with E-state index in [9.17, 15) is 0 Å². The molecule has 0 bridgehead atoms. The van der Waals surface area contributed by atoms with E-state index in [0.29, 0.717) is 5.89 Å². The standard InChI is InChI=1S/C16H17N3O2S/c1-20-15-5-3-13(4-6-15)16-18-14(11-21-16)12-22-10-9-19-8-2-7-17-19/h2-8,11H,9-10,12H2,1H3. The second-order valence-corrected chi connectivity index (χ2v) is 5.80. The van der Waals surface area contributed by atoms with E-state index in [-0.39, 0.29) is 0 Å². The van der Waals surface area contributed by atoms with Gasteiger partial charge in [-0.3, -0.25) is 4.68 Å². The molecule has 2 heterocycles. The Hall–Kier alpha value is -2.21. The van der Waals surface area contributed by atoms with Crippen molar-refractivity contribution in [1.82, 2.24) is 14.8 Å². The van der Waals surface area contributed by atoms with Crippen molar-refractivity contribution in [2.75, 3.05) is 12.9 Å². The zero-order chi connectivity index (χ0) is 15.2. The topological polar surface area (TPSA) is 53.1 Å². The molecular weight excluding hydrogens is 298 g/mol. The molecule has 0 unspecified atom stereocenters. The summed E-state index contributed by atoms with van der Waals surface area (Å²) in [5.74, 6) is 3.29. The van der Waals surface area contributed by atoms with Crippen LogP contribution in [0.3, 0.4) is 0 Å². The maximum atomic E-state index is 5.54. The van der Waals surface area contributed by atoms with Crippen LogP contribution in [-0.4, -0.2) is 27.6 Å². The second kappa shape index (κ2) is 7.17. The molecular formula is C16H17N3O2S. The number of benzene rings is 1. The molecule has 3 aromatic rings. The molecule has 0 saturated carbocycles. The molecule has 114 valence electrons. The normalized spacial score (nSPS) is 10.8. The average molecular weight is 315 g/mol. The van der Waals surface area contributed by atoms with Gasteiger partial charge in [0.15, 0.2) is 0 Å². The Labute approximate surface area is 133 Å². The van der Waals surface area contributed by atoms with Crippen LogP contribution in [0.25, 0.3) is 11.5 Å². The van der Waals surface area contributed by atoms with Gasteiger partial charge in [-0.2, -0.15) is 16.9 Å². The summed E-state index contributed by atoms with van der Waals surface area (Å²) >= 11 is 1.82. The lowest BCUT2D eigenvalue weighted by Gasteiger charge is -2.00. The fraction of sp³-hybridized carbons (Fsp3) is 0.250. The molecule has 0 fully saturated rings. The molecule has 0 aliphatic carbocycles. The molecule has 3 rings (SSSR count). The largest absolute Gasteiger partial charge is 0.497 e. The van der Waals surface area contributed by atoms with E-state index in [0.717, 1.165) is 35.1 Å². The Bertz CT molecular complexity index is 693. The SMILES string of the molecule is COc1ccc(-c2nc(CSCCn3cccn3)co2)cc1. The number of ether oxygens (including phenoxy) is 1. The van der Waals surface area contributed by atoms with Gasteiger partial charge in [-0.15, -0.1) is 0 Å². The van der Waals surface area contributed by atoms with Crippen LogP contribution < -0.4 is 4.74 Å². The van der Waals surface area contributed by atoms with Gasteiger partial charge in [0.1, 0.15) is 12.0 Å². The summed E-state index contributed by atoms with van der Waals surface area (Å²) < 4.78 is 12.6. The molecule has 0 N–H and O–H groups in total. The van der Waals surface area contributed by atoms with Crippen molar-refractivity contribution in [1.29, 1.82) is 0 Å². The molecule has 0 saturated heterocycles. The highest BCUT2D eigenvalue weighted by Crippen LogP contribution is 2.23. The summed E-state index contributed by atoms with van der Waals surface area (Å²) in [7, 11) is 1.65. The molecule has 0 aliphatic rings. The molecule has 0 spiro atoms. The molecule has 22 heavy (non-hydrogen) atoms. The molecule has 0 atom stereocenters. The number of hydrogen-bond donors (Lipinski definition) is 0. The number of aromatic nitrogens is 3. The van der Waals surface area contributed by atoms with Gasteiger partial charge in [0, 0.05) is 36.0 Å².